The lowest BCUT2D eigenvalue weighted by Gasteiger charge is -2.17. The molecule has 164 valence electrons. The van der Waals surface area contributed by atoms with Gasteiger partial charge < -0.3 is 25.4 Å². The highest BCUT2D eigenvalue weighted by molar-refractivity contribution is 5.79. The third-order valence-corrected chi connectivity index (χ3v) is 4.36. The van der Waals surface area contributed by atoms with E-state index in [4.69, 9.17) is 4.74 Å². The van der Waals surface area contributed by atoms with Gasteiger partial charge in [-0.05, 0) is 63.7 Å². The summed E-state index contributed by atoms with van der Waals surface area (Å²) in [5.41, 5.74) is 3.24. The van der Waals surface area contributed by atoms with Crippen molar-refractivity contribution in [3.05, 3.63) is 65.2 Å². The number of aliphatic hydroxyl groups excluding tert-OH is 1. The Morgan fingerprint density at radius 1 is 1.07 bits per heavy atom. The lowest BCUT2D eigenvalue weighted by Crippen LogP contribution is -2.39. The Kier molecular flexibility index (Phi) is 9.64. The van der Waals surface area contributed by atoms with Crippen molar-refractivity contribution in [3.63, 3.8) is 0 Å². The van der Waals surface area contributed by atoms with Crippen LogP contribution in [-0.2, 0) is 13.1 Å². The summed E-state index contributed by atoms with van der Waals surface area (Å²) >= 11 is 0. The van der Waals surface area contributed by atoms with Crippen molar-refractivity contribution in [2.24, 2.45) is 4.99 Å². The molecule has 0 saturated carbocycles. The van der Waals surface area contributed by atoms with E-state index < -0.39 is 6.10 Å². The maximum absolute atomic E-state index is 10.6. The Morgan fingerprint density at radius 3 is 2.40 bits per heavy atom. The van der Waals surface area contributed by atoms with Gasteiger partial charge in [0.15, 0.2) is 5.96 Å². The summed E-state index contributed by atoms with van der Waals surface area (Å²) in [5, 5.41) is 17.0. The standard InChI is InChI=1S/C24H36N4O2/c1-6-25-24(26-15-19-10-12-20(13-11-19)17-28(4)5)27-16-23(29)21-8-7-9-22(14-21)30-18(2)3/h7-14,18,23,29H,6,15-17H2,1-5H3,(H2,25,26,27). The SMILES string of the molecule is CCNC(=NCc1ccc(CN(C)C)cc1)NCC(O)c1cccc(OC(C)C)c1. The van der Waals surface area contributed by atoms with Crippen LogP contribution in [-0.4, -0.2) is 49.3 Å². The van der Waals surface area contributed by atoms with Gasteiger partial charge in [0.25, 0.3) is 0 Å². The molecule has 0 aliphatic carbocycles. The molecule has 0 spiro atoms. The van der Waals surface area contributed by atoms with Crippen LogP contribution in [0, 0.1) is 0 Å². The predicted octanol–water partition coefficient (Wildman–Crippen LogP) is 3.32. The molecule has 2 aromatic carbocycles. The molecular formula is C24H36N4O2. The smallest absolute Gasteiger partial charge is 0.191 e. The number of hydrogen-bond acceptors (Lipinski definition) is 4. The van der Waals surface area contributed by atoms with E-state index in [1.807, 2.05) is 45.0 Å². The molecule has 0 aliphatic rings. The summed E-state index contributed by atoms with van der Waals surface area (Å²) in [6.45, 7) is 8.61. The first-order chi connectivity index (χ1) is 14.4. The van der Waals surface area contributed by atoms with Crippen molar-refractivity contribution in [2.75, 3.05) is 27.2 Å². The zero-order valence-electron chi connectivity index (χ0n) is 18.9. The van der Waals surface area contributed by atoms with E-state index in [0.29, 0.717) is 19.0 Å². The molecule has 1 unspecified atom stereocenters. The van der Waals surface area contributed by atoms with Gasteiger partial charge in [0.1, 0.15) is 5.75 Å². The molecule has 2 rings (SSSR count). The first-order valence-corrected chi connectivity index (χ1v) is 10.6. The molecule has 6 heteroatoms. The minimum atomic E-state index is -0.658. The first kappa shape index (κ1) is 23.7. The number of guanidine groups is 1. The summed E-state index contributed by atoms with van der Waals surface area (Å²) in [6, 6.07) is 16.1. The minimum Gasteiger partial charge on any atom is -0.491 e. The molecule has 2 aromatic rings. The summed E-state index contributed by atoms with van der Waals surface area (Å²) in [5.74, 6) is 1.45. The fourth-order valence-corrected chi connectivity index (χ4v) is 3.01. The molecule has 0 bridgehead atoms. The zero-order chi connectivity index (χ0) is 21.9. The Hall–Kier alpha value is -2.57. The fourth-order valence-electron chi connectivity index (χ4n) is 3.01. The number of nitrogens with zero attached hydrogens (tertiary/aromatic N) is 2. The van der Waals surface area contributed by atoms with Crippen LogP contribution in [0.25, 0.3) is 0 Å². The molecule has 1 atom stereocenters. The van der Waals surface area contributed by atoms with Gasteiger partial charge in [-0.2, -0.15) is 0 Å². The zero-order valence-corrected chi connectivity index (χ0v) is 18.9. The lowest BCUT2D eigenvalue weighted by atomic mass is 10.1. The Bertz CT molecular complexity index is 788. The molecule has 0 heterocycles. The van der Waals surface area contributed by atoms with Gasteiger partial charge in [-0.15, -0.1) is 0 Å². The number of rotatable bonds is 10. The third kappa shape index (κ3) is 8.43. The van der Waals surface area contributed by atoms with Crippen LogP contribution in [0.4, 0.5) is 0 Å². The van der Waals surface area contributed by atoms with Crippen molar-refractivity contribution in [1.82, 2.24) is 15.5 Å². The van der Waals surface area contributed by atoms with Gasteiger partial charge >= 0.3 is 0 Å². The molecule has 30 heavy (non-hydrogen) atoms. The topological polar surface area (TPSA) is 69.1 Å². The van der Waals surface area contributed by atoms with E-state index in [2.05, 4.69) is 58.9 Å². The molecule has 3 N–H and O–H groups in total. The van der Waals surface area contributed by atoms with Crippen LogP contribution in [0.1, 0.15) is 43.6 Å². The highest BCUT2D eigenvalue weighted by atomic mass is 16.5. The van der Waals surface area contributed by atoms with Crippen LogP contribution < -0.4 is 15.4 Å². The third-order valence-electron chi connectivity index (χ3n) is 4.36. The number of benzene rings is 2. The summed E-state index contributed by atoms with van der Waals surface area (Å²) in [7, 11) is 4.13. The summed E-state index contributed by atoms with van der Waals surface area (Å²) in [4.78, 5) is 6.79. The largest absolute Gasteiger partial charge is 0.491 e. The number of nitrogens with one attached hydrogen (secondary N) is 2. The highest BCUT2D eigenvalue weighted by Gasteiger charge is 2.10. The second-order valence-electron chi connectivity index (χ2n) is 7.89. The summed E-state index contributed by atoms with van der Waals surface area (Å²) in [6.07, 6.45) is -0.560. The van der Waals surface area contributed by atoms with E-state index in [-0.39, 0.29) is 6.10 Å². The van der Waals surface area contributed by atoms with Crippen molar-refractivity contribution >= 4 is 5.96 Å². The van der Waals surface area contributed by atoms with E-state index in [9.17, 15) is 5.11 Å². The molecular weight excluding hydrogens is 376 g/mol. The highest BCUT2D eigenvalue weighted by Crippen LogP contribution is 2.20. The monoisotopic (exact) mass is 412 g/mol. The van der Waals surface area contributed by atoms with Crippen LogP contribution in [0.2, 0.25) is 0 Å². The molecule has 0 amide bonds. The summed E-state index contributed by atoms with van der Waals surface area (Å²) < 4.78 is 5.72. The predicted molar refractivity (Wildman–Crippen MR) is 124 cm³/mol. The molecule has 0 aromatic heterocycles. The van der Waals surface area contributed by atoms with Crippen LogP contribution in [0.5, 0.6) is 5.75 Å². The first-order valence-electron chi connectivity index (χ1n) is 10.6. The molecule has 0 fully saturated rings. The minimum absolute atomic E-state index is 0.0972. The fraction of sp³-hybridized carbons (Fsp3) is 0.458. The lowest BCUT2D eigenvalue weighted by molar-refractivity contribution is 0.179. The van der Waals surface area contributed by atoms with Crippen molar-refractivity contribution in [2.45, 2.75) is 46.1 Å². The van der Waals surface area contributed by atoms with E-state index in [1.165, 1.54) is 5.56 Å². The quantitative estimate of drug-likeness (QED) is 0.413. The van der Waals surface area contributed by atoms with Gasteiger partial charge in [-0.1, -0.05) is 36.4 Å². The van der Waals surface area contributed by atoms with E-state index >= 15 is 0 Å². The van der Waals surface area contributed by atoms with Crippen LogP contribution in [0.15, 0.2) is 53.5 Å². The van der Waals surface area contributed by atoms with E-state index in [1.54, 1.807) is 0 Å². The van der Waals surface area contributed by atoms with Gasteiger partial charge in [-0.25, -0.2) is 4.99 Å². The molecule has 0 aliphatic heterocycles. The van der Waals surface area contributed by atoms with Crippen molar-refractivity contribution < 1.29 is 9.84 Å². The average molecular weight is 413 g/mol. The van der Waals surface area contributed by atoms with Gasteiger partial charge in [0, 0.05) is 19.6 Å². The number of aliphatic hydroxyl groups is 1. The van der Waals surface area contributed by atoms with Crippen molar-refractivity contribution in [3.8, 4) is 5.75 Å². The van der Waals surface area contributed by atoms with Gasteiger partial charge in [-0.3, -0.25) is 0 Å². The number of aliphatic imine (C=N–C) groups is 1. The molecule has 0 radical (unpaired) electrons. The Morgan fingerprint density at radius 2 is 1.77 bits per heavy atom. The second kappa shape index (κ2) is 12.2. The number of ether oxygens (including phenoxy) is 1. The Labute approximate surface area is 181 Å². The van der Waals surface area contributed by atoms with Crippen LogP contribution in [0.3, 0.4) is 0 Å². The molecule has 0 saturated heterocycles. The second-order valence-corrected chi connectivity index (χ2v) is 7.89. The molecule has 6 nitrogen and oxygen atoms in total. The normalized spacial score (nSPS) is 12.9. The van der Waals surface area contributed by atoms with Gasteiger partial charge in [0.2, 0.25) is 0 Å². The van der Waals surface area contributed by atoms with Gasteiger partial charge in [0.05, 0.1) is 18.8 Å². The van der Waals surface area contributed by atoms with Crippen molar-refractivity contribution in [1.29, 1.82) is 0 Å². The Balaban J connectivity index is 1.94. The maximum Gasteiger partial charge on any atom is 0.191 e. The van der Waals surface area contributed by atoms with E-state index in [0.717, 1.165) is 30.0 Å². The van der Waals surface area contributed by atoms with Crippen LogP contribution >= 0.6 is 0 Å². The average Bonchev–Trinajstić information content (AvgIpc) is 2.70. The number of hydrogen-bond donors (Lipinski definition) is 3. The maximum atomic E-state index is 10.6.